The first kappa shape index (κ1) is 14.4. The summed E-state index contributed by atoms with van der Waals surface area (Å²) in [4.78, 5) is 0. The molecule has 2 aliphatic carbocycles. The van der Waals surface area contributed by atoms with Crippen molar-refractivity contribution in [2.24, 2.45) is 40.4 Å². The summed E-state index contributed by atoms with van der Waals surface area (Å²) in [5, 5.41) is 9.27. The second kappa shape index (κ2) is 4.51. The third-order valence-corrected chi connectivity index (χ3v) is 5.64. The van der Waals surface area contributed by atoms with E-state index in [9.17, 15) is 5.11 Å². The Balaban J connectivity index is 2.26. The molecule has 0 aromatic carbocycles. The SMILES string of the molecule is CC(C)(C)C1C2CC(CCO)C(C2)C1C(C)(C)C. The van der Waals surface area contributed by atoms with Crippen molar-refractivity contribution in [3.8, 4) is 0 Å². The molecule has 5 unspecified atom stereocenters. The normalized spacial score (nSPS) is 40.5. The van der Waals surface area contributed by atoms with Crippen molar-refractivity contribution in [1.82, 2.24) is 0 Å². The Labute approximate surface area is 113 Å². The highest BCUT2D eigenvalue weighted by Gasteiger charge is 2.58. The third kappa shape index (κ3) is 2.35. The summed E-state index contributed by atoms with van der Waals surface area (Å²) in [7, 11) is 0. The van der Waals surface area contributed by atoms with Crippen LogP contribution in [0.1, 0.15) is 60.8 Å². The fourth-order valence-corrected chi connectivity index (χ4v) is 5.42. The quantitative estimate of drug-likeness (QED) is 0.774. The van der Waals surface area contributed by atoms with Crippen LogP contribution >= 0.6 is 0 Å². The standard InChI is InChI=1S/C17H32O/c1-16(2,3)14-12-9-11(7-8-18)13(10-12)15(14)17(4,5)6/h11-15,18H,7-10H2,1-6H3. The molecule has 2 fully saturated rings. The van der Waals surface area contributed by atoms with Gasteiger partial charge in [-0.1, -0.05) is 41.5 Å². The molecule has 2 rings (SSSR count). The summed E-state index contributed by atoms with van der Waals surface area (Å²) in [6.45, 7) is 14.9. The lowest BCUT2D eigenvalue weighted by molar-refractivity contribution is -0.00351. The van der Waals surface area contributed by atoms with Crippen LogP contribution in [0.5, 0.6) is 0 Å². The molecule has 0 aromatic rings. The van der Waals surface area contributed by atoms with Crippen molar-refractivity contribution in [3.05, 3.63) is 0 Å². The van der Waals surface area contributed by atoms with Gasteiger partial charge in [-0.25, -0.2) is 0 Å². The van der Waals surface area contributed by atoms with E-state index in [-0.39, 0.29) is 0 Å². The fraction of sp³-hybridized carbons (Fsp3) is 1.00. The maximum Gasteiger partial charge on any atom is 0.0433 e. The molecule has 1 N–H and O–H groups in total. The molecule has 5 atom stereocenters. The minimum Gasteiger partial charge on any atom is -0.396 e. The van der Waals surface area contributed by atoms with Gasteiger partial charge in [0.25, 0.3) is 0 Å². The van der Waals surface area contributed by atoms with E-state index >= 15 is 0 Å². The number of rotatable bonds is 2. The number of aliphatic hydroxyl groups excluding tert-OH is 1. The maximum atomic E-state index is 9.27. The smallest absolute Gasteiger partial charge is 0.0433 e. The zero-order chi connectivity index (χ0) is 13.7. The van der Waals surface area contributed by atoms with Crippen molar-refractivity contribution in [2.45, 2.75) is 60.8 Å². The van der Waals surface area contributed by atoms with Crippen LogP contribution in [0.2, 0.25) is 0 Å². The molecule has 2 bridgehead atoms. The molecule has 18 heavy (non-hydrogen) atoms. The molecular weight excluding hydrogens is 220 g/mol. The van der Waals surface area contributed by atoms with Crippen LogP contribution in [0.25, 0.3) is 0 Å². The van der Waals surface area contributed by atoms with Crippen LogP contribution in [0.4, 0.5) is 0 Å². The number of fused-ring (bicyclic) bond motifs is 2. The van der Waals surface area contributed by atoms with Crippen LogP contribution in [-0.4, -0.2) is 11.7 Å². The first-order valence-corrected chi connectivity index (χ1v) is 7.77. The van der Waals surface area contributed by atoms with Gasteiger partial charge in [-0.05, 0) is 59.7 Å². The second-order valence-electron chi connectivity index (χ2n) is 8.95. The molecule has 1 heteroatoms. The summed E-state index contributed by atoms with van der Waals surface area (Å²) in [6, 6.07) is 0. The van der Waals surface area contributed by atoms with Gasteiger partial charge in [-0.2, -0.15) is 0 Å². The molecule has 106 valence electrons. The van der Waals surface area contributed by atoms with Gasteiger partial charge in [-0.15, -0.1) is 0 Å². The Hall–Kier alpha value is -0.0400. The molecule has 2 aliphatic rings. The lowest BCUT2D eigenvalue weighted by atomic mass is 9.57. The van der Waals surface area contributed by atoms with Gasteiger partial charge in [0, 0.05) is 6.61 Å². The first-order chi connectivity index (χ1) is 8.16. The fourth-order valence-electron chi connectivity index (χ4n) is 5.42. The van der Waals surface area contributed by atoms with Gasteiger partial charge < -0.3 is 5.11 Å². The van der Waals surface area contributed by atoms with Gasteiger partial charge in [0.2, 0.25) is 0 Å². The van der Waals surface area contributed by atoms with E-state index in [1.807, 2.05) is 0 Å². The van der Waals surface area contributed by atoms with E-state index in [0.29, 0.717) is 17.4 Å². The monoisotopic (exact) mass is 252 g/mol. The predicted molar refractivity (Wildman–Crippen MR) is 77.3 cm³/mol. The maximum absolute atomic E-state index is 9.27. The molecule has 0 aromatic heterocycles. The molecular formula is C17H32O. The lowest BCUT2D eigenvalue weighted by Crippen LogP contribution is -2.42. The van der Waals surface area contributed by atoms with Crippen molar-refractivity contribution in [1.29, 1.82) is 0 Å². The number of aliphatic hydroxyl groups is 1. The van der Waals surface area contributed by atoms with E-state index in [1.165, 1.54) is 12.8 Å². The average Bonchev–Trinajstić information content (AvgIpc) is 2.71. The Morgan fingerprint density at radius 3 is 1.89 bits per heavy atom. The van der Waals surface area contributed by atoms with Gasteiger partial charge in [0.1, 0.15) is 0 Å². The lowest BCUT2D eigenvalue weighted by Gasteiger charge is -2.48. The highest BCUT2D eigenvalue weighted by Crippen LogP contribution is 2.64. The highest BCUT2D eigenvalue weighted by atomic mass is 16.3. The Morgan fingerprint density at radius 1 is 0.889 bits per heavy atom. The Kier molecular flexibility index (Phi) is 3.60. The van der Waals surface area contributed by atoms with E-state index in [4.69, 9.17) is 0 Å². The zero-order valence-corrected chi connectivity index (χ0v) is 13.2. The topological polar surface area (TPSA) is 20.2 Å². The second-order valence-corrected chi connectivity index (χ2v) is 8.95. The molecule has 2 saturated carbocycles. The van der Waals surface area contributed by atoms with Crippen LogP contribution < -0.4 is 0 Å². The summed E-state index contributed by atoms with van der Waals surface area (Å²) in [6.07, 6.45) is 3.83. The van der Waals surface area contributed by atoms with Crippen LogP contribution in [0.15, 0.2) is 0 Å². The van der Waals surface area contributed by atoms with Crippen LogP contribution in [0, 0.1) is 40.4 Å². The number of hydrogen-bond donors (Lipinski definition) is 1. The molecule has 0 amide bonds. The van der Waals surface area contributed by atoms with E-state index < -0.39 is 0 Å². The summed E-state index contributed by atoms with van der Waals surface area (Å²) < 4.78 is 0. The predicted octanol–water partition coefficient (Wildman–Crippen LogP) is 4.35. The minimum absolute atomic E-state index is 0.380. The largest absolute Gasteiger partial charge is 0.396 e. The van der Waals surface area contributed by atoms with Crippen LogP contribution in [0.3, 0.4) is 0 Å². The summed E-state index contributed by atoms with van der Waals surface area (Å²) in [5.74, 6) is 4.29. The van der Waals surface area contributed by atoms with E-state index in [1.54, 1.807) is 0 Å². The molecule has 1 nitrogen and oxygen atoms in total. The Bertz CT molecular complexity index is 294. The minimum atomic E-state index is 0.380. The Morgan fingerprint density at radius 2 is 1.44 bits per heavy atom. The average molecular weight is 252 g/mol. The molecule has 0 spiro atoms. The molecule has 0 saturated heterocycles. The highest BCUT2D eigenvalue weighted by molar-refractivity contribution is 5.06. The molecule has 0 heterocycles. The first-order valence-electron chi connectivity index (χ1n) is 7.77. The van der Waals surface area contributed by atoms with Crippen molar-refractivity contribution in [3.63, 3.8) is 0 Å². The summed E-state index contributed by atoms with van der Waals surface area (Å²) >= 11 is 0. The van der Waals surface area contributed by atoms with Gasteiger partial charge in [0.05, 0.1) is 0 Å². The van der Waals surface area contributed by atoms with Crippen molar-refractivity contribution >= 4 is 0 Å². The van der Waals surface area contributed by atoms with Gasteiger partial charge in [0.15, 0.2) is 0 Å². The molecule has 0 aliphatic heterocycles. The number of hydrogen-bond acceptors (Lipinski definition) is 1. The van der Waals surface area contributed by atoms with Gasteiger partial charge >= 0.3 is 0 Å². The van der Waals surface area contributed by atoms with E-state index in [2.05, 4.69) is 41.5 Å². The summed E-state index contributed by atoms with van der Waals surface area (Å²) in [5.41, 5.74) is 0.840. The van der Waals surface area contributed by atoms with E-state index in [0.717, 1.165) is 36.0 Å². The van der Waals surface area contributed by atoms with Crippen molar-refractivity contribution < 1.29 is 5.11 Å². The molecule has 0 radical (unpaired) electrons. The van der Waals surface area contributed by atoms with Crippen LogP contribution in [-0.2, 0) is 0 Å². The van der Waals surface area contributed by atoms with Crippen molar-refractivity contribution in [2.75, 3.05) is 6.61 Å². The zero-order valence-electron chi connectivity index (χ0n) is 13.2. The van der Waals surface area contributed by atoms with Gasteiger partial charge in [-0.3, -0.25) is 0 Å². The third-order valence-electron chi connectivity index (χ3n) is 5.64.